The van der Waals surface area contributed by atoms with Crippen LogP contribution in [0.25, 0.3) is 11.1 Å². The maximum atomic E-state index is 12.3. The Kier molecular flexibility index (Phi) is 4.05. The predicted molar refractivity (Wildman–Crippen MR) is 87.5 cm³/mol. The number of benzene rings is 1. The molecule has 2 aromatic heterocycles. The molecule has 116 valence electrons. The van der Waals surface area contributed by atoms with E-state index in [2.05, 4.69) is 20.5 Å². The highest BCUT2D eigenvalue weighted by atomic mass is 16.5. The molecular weight excluding hydrogens is 292 g/mol. The van der Waals surface area contributed by atoms with Gasteiger partial charge in [0.05, 0.1) is 12.7 Å². The van der Waals surface area contributed by atoms with Gasteiger partial charge in [-0.05, 0) is 36.8 Å². The number of methoxy groups -OCH3 is 1. The van der Waals surface area contributed by atoms with Crippen molar-refractivity contribution in [2.45, 2.75) is 6.92 Å². The number of rotatable bonds is 4. The van der Waals surface area contributed by atoms with Gasteiger partial charge in [0.15, 0.2) is 5.82 Å². The van der Waals surface area contributed by atoms with Gasteiger partial charge in [-0.1, -0.05) is 12.1 Å². The van der Waals surface area contributed by atoms with E-state index in [0.29, 0.717) is 11.4 Å². The number of pyridine rings is 1. The van der Waals surface area contributed by atoms with Gasteiger partial charge in [-0.15, -0.1) is 0 Å². The van der Waals surface area contributed by atoms with Crippen molar-refractivity contribution in [2.75, 3.05) is 12.4 Å². The Bertz CT molecular complexity index is 810. The lowest BCUT2D eigenvalue weighted by molar-refractivity contribution is 0.102. The van der Waals surface area contributed by atoms with Gasteiger partial charge in [0.2, 0.25) is 0 Å². The Hall–Kier alpha value is -3.15. The normalized spacial score (nSPS) is 10.3. The van der Waals surface area contributed by atoms with Crippen molar-refractivity contribution in [1.82, 2.24) is 15.2 Å². The van der Waals surface area contributed by atoms with Crippen LogP contribution in [0.15, 0.2) is 48.8 Å². The summed E-state index contributed by atoms with van der Waals surface area (Å²) in [5.74, 6) is 1.01. The molecule has 0 saturated carbocycles. The van der Waals surface area contributed by atoms with Crippen LogP contribution in [0, 0.1) is 6.92 Å². The first-order valence-corrected chi connectivity index (χ1v) is 7.10. The highest BCUT2D eigenvalue weighted by molar-refractivity contribution is 6.05. The average molecular weight is 308 g/mol. The molecule has 6 nitrogen and oxygen atoms in total. The van der Waals surface area contributed by atoms with Gasteiger partial charge < -0.3 is 10.1 Å². The van der Waals surface area contributed by atoms with Crippen LogP contribution in [0.5, 0.6) is 5.75 Å². The molecule has 0 aliphatic rings. The molecule has 0 bridgehead atoms. The van der Waals surface area contributed by atoms with Crippen LogP contribution >= 0.6 is 0 Å². The van der Waals surface area contributed by atoms with Crippen LogP contribution in [0.4, 0.5) is 5.82 Å². The van der Waals surface area contributed by atoms with E-state index in [0.717, 1.165) is 22.6 Å². The SMILES string of the molecule is COc1ccc(-c2c(NC(=O)c3cccnc3)n[nH]c2C)cc1. The molecule has 0 unspecified atom stereocenters. The third kappa shape index (κ3) is 3.06. The molecule has 0 aliphatic carbocycles. The molecule has 2 N–H and O–H groups in total. The molecule has 1 aromatic carbocycles. The number of aromatic nitrogens is 3. The lowest BCUT2D eigenvalue weighted by Gasteiger charge is -2.07. The van der Waals surface area contributed by atoms with Crippen LogP contribution in [0.3, 0.4) is 0 Å². The van der Waals surface area contributed by atoms with E-state index in [1.165, 1.54) is 6.20 Å². The first kappa shape index (κ1) is 14.8. The summed E-state index contributed by atoms with van der Waals surface area (Å²) in [5, 5.41) is 9.92. The molecule has 0 aliphatic heterocycles. The zero-order valence-corrected chi connectivity index (χ0v) is 12.8. The smallest absolute Gasteiger partial charge is 0.258 e. The Morgan fingerprint density at radius 1 is 1.22 bits per heavy atom. The minimum absolute atomic E-state index is 0.251. The third-order valence-corrected chi connectivity index (χ3v) is 3.48. The van der Waals surface area contributed by atoms with Crippen LogP contribution in [-0.4, -0.2) is 28.2 Å². The molecule has 1 amide bonds. The van der Waals surface area contributed by atoms with Gasteiger partial charge in [0, 0.05) is 23.7 Å². The van der Waals surface area contributed by atoms with Crippen LogP contribution in [-0.2, 0) is 0 Å². The maximum absolute atomic E-state index is 12.3. The Morgan fingerprint density at radius 2 is 2.00 bits per heavy atom. The standard InChI is InChI=1S/C17H16N4O2/c1-11-15(12-5-7-14(23-2)8-6-12)16(21-20-11)19-17(22)13-4-3-9-18-10-13/h3-10H,1-2H3,(H2,19,20,21,22). The fourth-order valence-electron chi connectivity index (χ4n) is 2.31. The van der Waals surface area contributed by atoms with Gasteiger partial charge >= 0.3 is 0 Å². The van der Waals surface area contributed by atoms with Crippen molar-refractivity contribution in [2.24, 2.45) is 0 Å². The largest absolute Gasteiger partial charge is 0.497 e. The summed E-state index contributed by atoms with van der Waals surface area (Å²) < 4.78 is 5.17. The first-order valence-electron chi connectivity index (χ1n) is 7.10. The number of aromatic amines is 1. The number of ether oxygens (including phenoxy) is 1. The van der Waals surface area contributed by atoms with E-state index >= 15 is 0 Å². The molecule has 0 radical (unpaired) electrons. The van der Waals surface area contributed by atoms with Crippen molar-refractivity contribution < 1.29 is 9.53 Å². The molecule has 2 heterocycles. The van der Waals surface area contributed by atoms with E-state index < -0.39 is 0 Å². The predicted octanol–water partition coefficient (Wildman–Crippen LogP) is 3.04. The van der Waals surface area contributed by atoms with Crippen molar-refractivity contribution in [3.05, 3.63) is 60.0 Å². The lowest BCUT2D eigenvalue weighted by atomic mass is 10.1. The number of carbonyl (C=O) groups is 1. The molecule has 0 fully saturated rings. The summed E-state index contributed by atoms with van der Waals surface area (Å²) in [6.45, 7) is 1.91. The van der Waals surface area contributed by atoms with Gasteiger partial charge in [-0.25, -0.2) is 0 Å². The second-order valence-corrected chi connectivity index (χ2v) is 5.00. The summed E-state index contributed by atoms with van der Waals surface area (Å²) in [5.41, 5.74) is 3.15. The molecule has 0 saturated heterocycles. The van der Waals surface area contributed by atoms with Crippen LogP contribution in [0.2, 0.25) is 0 Å². The summed E-state index contributed by atoms with van der Waals surface area (Å²) in [6.07, 6.45) is 3.14. The molecule has 3 aromatic rings. The number of H-pyrrole nitrogens is 1. The second kappa shape index (κ2) is 6.31. The molecule has 23 heavy (non-hydrogen) atoms. The summed E-state index contributed by atoms with van der Waals surface area (Å²) in [6, 6.07) is 11.0. The summed E-state index contributed by atoms with van der Waals surface area (Å²) >= 11 is 0. The van der Waals surface area contributed by atoms with E-state index in [1.54, 1.807) is 25.4 Å². The van der Waals surface area contributed by atoms with Gasteiger partial charge in [0.25, 0.3) is 5.91 Å². The highest BCUT2D eigenvalue weighted by Gasteiger charge is 2.16. The van der Waals surface area contributed by atoms with Crippen molar-refractivity contribution >= 4 is 11.7 Å². The summed E-state index contributed by atoms with van der Waals surface area (Å²) in [4.78, 5) is 16.2. The van der Waals surface area contributed by atoms with E-state index in [4.69, 9.17) is 4.74 Å². The zero-order valence-electron chi connectivity index (χ0n) is 12.8. The lowest BCUT2D eigenvalue weighted by Crippen LogP contribution is -2.13. The highest BCUT2D eigenvalue weighted by Crippen LogP contribution is 2.30. The Balaban J connectivity index is 1.91. The number of nitrogens with one attached hydrogen (secondary N) is 2. The van der Waals surface area contributed by atoms with Crippen molar-refractivity contribution in [3.63, 3.8) is 0 Å². The number of hydrogen-bond donors (Lipinski definition) is 2. The van der Waals surface area contributed by atoms with Crippen LogP contribution in [0.1, 0.15) is 16.1 Å². The topological polar surface area (TPSA) is 79.9 Å². The maximum Gasteiger partial charge on any atom is 0.258 e. The molecule has 6 heteroatoms. The Labute approximate surface area is 133 Å². The molecule has 0 spiro atoms. The molecule has 3 rings (SSSR count). The van der Waals surface area contributed by atoms with Crippen molar-refractivity contribution in [3.8, 4) is 16.9 Å². The Morgan fingerprint density at radius 3 is 2.65 bits per heavy atom. The number of anilines is 1. The van der Waals surface area contributed by atoms with E-state index in [1.807, 2.05) is 31.2 Å². The number of amides is 1. The van der Waals surface area contributed by atoms with Crippen LogP contribution < -0.4 is 10.1 Å². The number of carbonyl (C=O) groups excluding carboxylic acids is 1. The van der Waals surface area contributed by atoms with E-state index in [-0.39, 0.29) is 5.91 Å². The van der Waals surface area contributed by atoms with Gasteiger partial charge in [0.1, 0.15) is 5.75 Å². The quantitative estimate of drug-likeness (QED) is 0.776. The number of hydrogen-bond acceptors (Lipinski definition) is 4. The summed E-state index contributed by atoms with van der Waals surface area (Å²) in [7, 11) is 1.62. The number of nitrogens with zero attached hydrogens (tertiary/aromatic N) is 2. The zero-order chi connectivity index (χ0) is 16.2. The minimum Gasteiger partial charge on any atom is -0.497 e. The molecule has 0 atom stereocenters. The molecular formula is C17H16N4O2. The number of aryl methyl sites for hydroxylation is 1. The van der Waals surface area contributed by atoms with Gasteiger partial charge in [-0.3, -0.25) is 14.9 Å². The minimum atomic E-state index is -0.251. The monoisotopic (exact) mass is 308 g/mol. The fraction of sp³-hybridized carbons (Fsp3) is 0.118. The van der Waals surface area contributed by atoms with Crippen molar-refractivity contribution in [1.29, 1.82) is 0 Å². The van der Waals surface area contributed by atoms with Gasteiger partial charge in [-0.2, -0.15) is 5.10 Å². The fourth-order valence-corrected chi connectivity index (χ4v) is 2.31. The third-order valence-electron chi connectivity index (χ3n) is 3.48. The van der Waals surface area contributed by atoms with E-state index in [9.17, 15) is 4.79 Å². The second-order valence-electron chi connectivity index (χ2n) is 5.00. The average Bonchev–Trinajstić information content (AvgIpc) is 2.96. The first-order chi connectivity index (χ1) is 11.2.